The second-order valence-electron chi connectivity index (χ2n) is 6.68. The van der Waals surface area contributed by atoms with Crippen molar-refractivity contribution in [1.82, 2.24) is 4.90 Å². The van der Waals surface area contributed by atoms with Gasteiger partial charge < -0.3 is 4.90 Å². The van der Waals surface area contributed by atoms with E-state index < -0.39 is 0 Å². The van der Waals surface area contributed by atoms with Crippen molar-refractivity contribution in [2.75, 3.05) is 0 Å². The van der Waals surface area contributed by atoms with Gasteiger partial charge in [0.15, 0.2) is 0 Å². The standard InChI is InChI=1S/C18H20FNO/c1-11-2-3-13(10-17(11)19)18(21)20-15-6-7-16(20)9-14(8-15)12-4-5-12/h2-3,10,15-16H,4-9H2,1H3. The van der Waals surface area contributed by atoms with Gasteiger partial charge in [0.25, 0.3) is 5.91 Å². The van der Waals surface area contributed by atoms with Gasteiger partial charge in [0.1, 0.15) is 5.82 Å². The van der Waals surface area contributed by atoms with E-state index in [1.165, 1.54) is 18.9 Å². The van der Waals surface area contributed by atoms with E-state index in [0.29, 0.717) is 23.2 Å². The van der Waals surface area contributed by atoms with Crippen LogP contribution in [0.5, 0.6) is 0 Å². The molecule has 1 aromatic rings. The first-order valence-corrected chi connectivity index (χ1v) is 7.92. The summed E-state index contributed by atoms with van der Waals surface area (Å²) in [5.74, 6) is -0.271. The largest absolute Gasteiger partial charge is 0.332 e. The smallest absolute Gasteiger partial charge is 0.254 e. The van der Waals surface area contributed by atoms with E-state index in [0.717, 1.165) is 25.7 Å². The summed E-state index contributed by atoms with van der Waals surface area (Å²) >= 11 is 0. The first kappa shape index (κ1) is 13.1. The van der Waals surface area contributed by atoms with Gasteiger partial charge in [-0.3, -0.25) is 4.79 Å². The average molecular weight is 285 g/mol. The molecule has 2 saturated heterocycles. The molecule has 0 radical (unpaired) electrons. The van der Waals surface area contributed by atoms with Gasteiger partial charge >= 0.3 is 0 Å². The molecule has 1 aromatic carbocycles. The van der Waals surface area contributed by atoms with E-state index in [2.05, 4.69) is 0 Å². The van der Waals surface area contributed by atoms with Crippen molar-refractivity contribution < 1.29 is 9.18 Å². The van der Waals surface area contributed by atoms with Crippen molar-refractivity contribution in [1.29, 1.82) is 0 Å². The van der Waals surface area contributed by atoms with Gasteiger partial charge in [-0.1, -0.05) is 17.2 Å². The molecule has 4 rings (SSSR count). The van der Waals surface area contributed by atoms with Crippen LogP contribution in [0.2, 0.25) is 0 Å². The van der Waals surface area contributed by atoms with Crippen molar-refractivity contribution in [2.45, 2.75) is 57.5 Å². The lowest BCUT2D eigenvalue weighted by molar-refractivity contribution is 0.0634. The summed E-state index contributed by atoms with van der Waals surface area (Å²) in [6, 6.07) is 5.53. The molecule has 2 unspecified atom stereocenters. The second-order valence-corrected chi connectivity index (χ2v) is 6.68. The lowest BCUT2D eigenvalue weighted by Gasteiger charge is -2.36. The molecule has 1 amide bonds. The maximum Gasteiger partial charge on any atom is 0.254 e. The Morgan fingerprint density at radius 3 is 2.38 bits per heavy atom. The molecule has 1 saturated carbocycles. The molecule has 3 fully saturated rings. The van der Waals surface area contributed by atoms with Gasteiger partial charge in [0.2, 0.25) is 0 Å². The highest BCUT2D eigenvalue weighted by atomic mass is 19.1. The zero-order valence-electron chi connectivity index (χ0n) is 12.4. The van der Waals surface area contributed by atoms with Crippen molar-refractivity contribution in [3.05, 3.63) is 46.3 Å². The van der Waals surface area contributed by atoms with Crippen LogP contribution >= 0.6 is 0 Å². The highest BCUT2D eigenvalue weighted by Crippen LogP contribution is 2.45. The van der Waals surface area contributed by atoms with Crippen molar-refractivity contribution in [3.63, 3.8) is 0 Å². The maximum absolute atomic E-state index is 13.7. The molecule has 2 bridgehead atoms. The fourth-order valence-electron chi connectivity index (χ4n) is 3.93. The molecule has 21 heavy (non-hydrogen) atoms. The third-order valence-electron chi connectivity index (χ3n) is 5.24. The van der Waals surface area contributed by atoms with Crippen LogP contribution < -0.4 is 0 Å². The number of amides is 1. The van der Waals surface area contributed by atoms with Crippen LogP contribution in [0.3, 0.4) is 0 Å². The van der Waals surface area contributed by atoms with E-state index >= 15 is 0 Å². The number of allylic oxidation sites excluding steroid dienone is 1. The average Bonchev–Trinajstić information content (AvgIpc) is 3.27. The minimum absolute atomic E-state index is 0.0150. The molecular formula is C18H20FNO. The van der Waals surface area contributed by atoms with Crippen LogP contribution in [0, 0.1) is 12.7 Å². The molecule has 2 aliphatic heterocycles. The van der Waals surface area contributed by atoms with Crippen LogP contribution in [0.4, 0.5) is 4.39 Å². The number of piperidine rings is 1. The van der Waals surface area contributed by atoms with Gasteiger partial charge in [0, 0.05) is 17.6 Å². The molecule has 3 heteroatoms. The third kappa shape index (κ3) is 2.19. The summed E-state index contributed by atoms with van der Waals surface area (Å²) in [6.45, 7) is 1.72. The van der Waals surface area contributed by atoms with Crippen LogP contribution in [0.15, 0.2) is 29.3 Å². The van der Waals surface area contributed by atoms with E-state index in [4.69, 9.17) is 0 Å². The fourth-order valence-corrected chi connectivity index (χ4v) is 3.93. The number of halogens is 1. The summed E-state index contributed by atoms with van der Waals surface area (Å²) < 4.78 is 13.7. The Morgan fingerprint density at radius 1 is 1.14 bits per heavy atom. The third-order valence-corrected chi connectivity index (χ3v) is 5.24. The topological polar surface area (TPSA) is 20.3 Å². The zero-order chi connectivity index (χ0) is 14.6. The van der Waals surface area contributed by atoms with Crippen molar-refractivity contribution in [2.24, 2.45) is 0 Å². The summed E-state index contributed by atoms with van der Waals surface area (Å²) in [5, 5.41) is 0. The molecule has 2 nitrogen and oxygen atoms in total. The highest BCUT2D eigenvalue weighted by Gasteiger charge is 2.42. The van der Waals surface area contributed by atoms with Crippen molar-refractivity contribution >= 4 is 5.91 Å². The Morgan fingerprint density at radius 2 is 1.81 bits per heavy atom. The van der Waals surface area contributed by atoms with E-state index in [9.17, 15) is 9.18 Å². The highest BCUT2D eigenvalue weighted by molar-refractivity contribution is 5.95. The van der Waals surface area contributed by atoms with Gasteiger partial charge in [-0.05, 0) is 63.1 Å². The second kappa shape index (κ2) is 4.69. The predicted molar refractivity (Wildman–Crippen MR) is 79.6 cm³/mol. The first-order valence-electron chi connectivity index (χ1n) is 7.92. The number of hydrogen-bond donors (Lipinski definition) is 0. The minimum atomic E-state index is -0.286. The molecule has 1 aliphatic carbocycles. The van der Waals surface area contributed by atoms with E-state index in [1.807, 2.05) is 4.90 Å². The number of hydrogen-bond acceptors (Lipinski definition) is 1. The summed E-state index contributed by atoms with van der Waals surface area (Å²) in [7, 11) is 0. The molecule has 0 spiro atoms. The maximum atomic E-state index is 13.7. The number of carbonyl (C=O) groups is 1. The number of rotatable bonds is 1. The van der Waals surface area contributed by atoms with Crippen LogP contribution in [0.25, 0.3) is 0 Å². The fraction of sp³-hybridized carbons (Fsp3) is 0.500. The lowest BCUT2D eigenvalue weighted by Crippen LogP contribution is -2.44. The lowest BCUT2D eigenvalue weighted by atomic mass is 9.95. The molecule has 3 aliphatic rings. The number of fused-ring (bicyclic) bond motifs is 2. The quantitative estimate of drug-likeness (QED) is 0.714. The Kier molecular flexibility index (Phi) is 2.91. The number of nitrogens with zero attached hydrogens (tertiary/aromatic N) is 1. The molecule has 110 valence electrons. The first-order chi connectivity index (χ1) is 10.1. The SMILES string of the molecule is Cc1ccc(C(=O)N2C3CCC2CC(=C2CC2)C3)cc1F. The monoisotopic (exact) mass is 285 g/mol. The Labute approximate surface area is 124 Å². The van der Waals surface area contributed by atoms with Crippen LogP contribution in [-0.4, -0.2) is 22.9 Å². The van der Waals surface area contributed by atoms with E-state index in [1.54, 1.807) is 30.2 Å². The van der Waals surface area contributed by atoms with Crippen molar-refractivity contribution in [3.8, 4) is 0 Å². The predicted octanol–water partition coefficient (Wildman–Crippen LogP) is 3.99. The van der Waals surface area contributed by atoms with Gasteiger partial charge in [-0.15, -0.1) is 0 Å². The van der Waals surface area contributed by atoms with Gasteiger partial charge in [0.05, 0.1) is 0 Å². The van der Waals surface area contributed by atoms with E-state index in [-0.39, 0.29) is 11.7 Å². The van der Waals surface area contributed by atoms with Crippen LogP contribution in [-0.2, 0) is 0 Å². The Hall–Kier alpha value is -1.64. The normalized spacial score (nSPS) is 27.2. The summed E-state index contributed by atoms with van der Waals surface area (Å²) in [6.07, 6.45) is 6.83. The summed E-state index contributed by atoms with van der Waals surface area (Å²) in [4.78, 5) is 14.8. The summed E-state index contributed by atoms with van der Waals surface area (Å²) in [5.41, 5.74) is 4.34. The number of aryl methyl sites for hydroxylation is 1. The molecule has 0 aromatic heterocycles. The molecule has 2 heterocycles. The molecule has 2 atom stereocenters. The number of carbonyl (C=O) groups excluding carboxylic acids is 1. The Bertz CT molecular complexity index is 627. The molecular weight excluding hydrogens is 265 g/mol. The van der Waals surface area contributed by atoms with Gasteiger partial charge in [-0.2, -0.15) is 0 Å². The Balaban J connectivity index is 1.60. The molecule has 0 N–H and O–H groups in total. The van der Waals surface area contributed by atoms with Crippen LogP contribution in [0.1, 0.15) is 54.4 Å². The minimum Gasteiger partial charge on any atom is -0.332 e. The number of benzene rings is 1. The zero-order valence-corrected chi connectivity index (χ0v) is 12.4. The van der Waals surface area contributed by atoms with Gasteiger partial charge in [-0.25, -0.2) is 4.39 Å².